The highest BCUT2D eigenvalue weighted by molar-refractivity contribution is 6.04. The topological polar surface area (TPSA) is 73.6 Å². The minimum absolute atomic E-state index is 0. The predicted molar refractivity (Wildman–Crippen MR) is 98.3 cm³/mol. The number of methoxy groups -OCH3 is 1. The van der Waals surface area contributed by atoms with Gasteiger partial charge in [0.2, 0.25) is 0 Å². The summed E-state index contributed by atoms with van der Waals surface area (Å²) in [6.45, 7) is 0.632. The van der Waals surface area contributed by atoms with E-state index >= 15 is 0 Å². The zero-order valence-electron chi connectivity index (χ0n) is 14.5. The summed E-state index contributed by atoms with van der Waals surface area (Å²) in [6.07, 6.45) is -4.53. The maximum absolute atomic E-state index is 13.0. The minimum Gasteiger partial charge on any atom is -0.491 e. The molecule has 148 valence electrons. The number of nitrogens with one attached hydrogen (secondary N) is 1. The molecule has 0 bridgehead atoms. The largest absolute Gasteiger partial charge is 0.491 e. The van der Waals surface area contributed by atoms with Gasteiger partial charge in [0, 0.05) is 24.9 Å². The van der Waals surface area contributed by atoms with Crippen LogP contribution in [0.3, 0.4) is 0 Å². The molecule has 9 heteroatoms. The highest BCUT2D eigenvalue weighted by atomic mass is 35.5. The maximum Gasteiger partial charge on any atom is 0.416 e. The van der Waals surface area contributed by atoms with Crippen molar-refractivity contribution in [3.8, 4) is 5.75 Å². The lowest BCUT2D eigenvalue weighted by atomic mass is 10.1. The fraction of sp³-hybridized carbons (Fsp3) is 0.278. The molecule has 0 saturated heterocycles. The first kappa shape index (κ1) is 22.8. The average molecular weight is 405 g/mol. The molecule has 2 rings (SSSR count). The highest BCUT2D eigenvalue weighted by Gasteiger charge is 2.31. The van der Waals surface area contributed by atoms with Gasteiger partial charge in [-0.25, -0.2) is 0 Å². The number of ether oxygens (including phenoxy) is 2. The Morgan fingerprint density at radius 2 is 1.89 bits per heavy atom. The van der Waals surface area contributed by atoms with Gasteiger partial charge in [0.05, 0.1) is 12.2 Å². The Kier molecular flexibility index (Phi) is 8.55. The second-order valence-corrected chi connectivity index (χ2v) is 5.44. The summed E-state index contributed by atoms with van der Waals surface area (Å²) in [5.74, 6) is -0.0918. The summed E-state index contributed by atoms with van der Waals surface area (Å²) < 4.78 is 49.2. The monoisotopic (exact) mass is 404 g/mol. The second-order valence-electron chi connectivity index (χ2n) is 5.44. The van der Waals surface area contributed by atoms with E-state index in [4.69, 9.17) is 15.2 Å². The van der Waals surface area contributed by atoms with E-state index in [0.29, 0.717) is 19.0 Å². The van der Waals surface area contributed by atoms with Crippen molar-refractivity contribution in [1.29, 1.82) is 0 Å². The number of carbonyl (C=O) groups excluding carboxylic acids is 1. The average Bonchev–Trinajstić information content (AvgIpc) is 2.61. The maximum atomic E-state index is 13.0. The minimum atomic E-state index is -4.53. The van der Waals surface area contributed by atoms with Crippen LogP contribution in [0.5, 0.6) is 5.75 Å². The fourth-order valence-electron chi connectivity index (χ4n) is 2.22. The first-order valence-corrected chi connectivity index (χ1v) is 7.78. The number of amides is 1. The molecule has 0 fully saturated rings. The molecule has 3 N–H and O–H groups in total. The molecule has 27 heavy (non-hydrogen) atoms. The number of carbonyl (C=O) groups is 1. The van der Waals surface area contributed by atoms with Crippen LogP contribution in [0.15, 0.2) is 42.5 Å². The number of hydrogen-bond donors (Lipinski definition) is 2. The van der Waals surface area contributed by atoms with Crippen molar-refractivity contribution in [2.24, 2.45) is 5.73 Å². The molecule has 0 heterocycles. The van der Waals surface area contributed by atoms with E-state index in [1.165, 1.54) is 25.3 Å². The van der Waals surface area contributed by atoms with E-state index in [2.05, 4.69) is 5.32 Å². The number of anilines is 1. The van der Waals surface area contributed by atoms with Gasteiger partial charge in [-0.3, -0.25) is 4.79 Å². The molecule has 0 spiro atoms. The van der Waals surface area contributed by atoms with E-state index in [0.717, 1.165) is 12.1 Å². The van der Waals surface area contributed by atoms with Gasteiger partial charge in [-0.05, 0) is 42.0 Å². The van der Waals surface area contributed by atoms with Crippen LogP contribution in [-0.2, 0) is 17.5 Å². The third-order valence-electron chi connectivity index (χ3n) is 3.47. The van der Waals surface area contributed by atoms with E-state index in [1.54, 1.807) is 12.1 Å². The van der Waals surface area contributed by atoms with Crippen LogP contribution in [0.2, 0.25) is 0 Å². The van der Waals surface area contributed by atoms with Gasteiger partial charge in [0.15, 0.2) is 0 Å². The van der Waals surface area contributed by atoms with E-state index in [1.807, 2.05) is 0 Å². The van der Waals surface area contributed by atoms with E-state index < -0.39 is 17.6 Å². The zero-order valence-corrected chi connectivity index (χ0v) is 15.3. The smallest absolute Gasteiger partial charge is 0.416 e. The Labute approximate surface area is 161 Å². The molecule has 0 aliphatic heterocycles. The summed E-state index contributed by atoms with van der Waals surface area (Å²) in [7, 11) is 1.54. The van der Waals surface area contributed by atoms with Crippen molar-refractivity contribution in [2.75, 3.05) is 25.6 Å². The Morgan fingerprint density at radius 1 is 1.15 bits per heavy atom. The zero-order chi connectivity index (χ0) is 19.2. The Balaban J connectivity index is 0.00000364. The Hall–Kier alpha value is -2.29. The lowest BCUT2D eigenvalue weighted by Crippen LogP contribution is -2.14. The van der Waals surface area contributed by atoms with Crippen molar-refractivity contribution >= 4 is 24.0 Å². The first-order valence-electron chi connectivity index (χ1n) is 7.78. The number of alkyl halides is 3. The van der Waals surface area contributed by atoms with Crippen LogP contribution in [0.4, 0.5) is 18.9 Å². The van der Waals surface area contributed by atoms with Crippen molar-refractivity contribution in [2.45, 2.75) is 12.7 Å². The van der Waals surface area contributed by atoms with Crippen molar-refractivity contribution in [3.05, 3.63) is 59.2 Å². The molecule has 0 aliphatic carbocycles. The number of benzene rings is 2. The molecule has 0 aromatic heterocycles. The molecule has 5 nitrogen and oxygen atoms in total. The molecule has 0 atom stereocenters. The van der Waals surface area contributed by atoms with Crippen LogP contribution < -0.4 is 15.8 Å². The van der Waals surface area contributed by atoms with Crippen molar-refractivity contribution in [3.63, 3.8) is 0 Å². The Bertz CT molecular complexity index is 770. The molecule has 0 aliphatic rings. The lowest BCUT2D eigenvalue weighted by Gasteiger charge is -2.13. The number of halogens is 4. The standard InChI is InChI=1S/C18H19F3N2O3.ClH/c1-25-5-6-26-16-4-2-3-13(9-16)17(24)23-15-8-12(11-22)7-14(10-15)18(19,20)21;/h2-4,7-10H,5-6,11,22H2,1H3,(H,23,24);1H. The number of rotatable bonds is 7. The second kappa shape index (κ2) is 10.1. The molecule has 0 unspecified atom stereocenters. The van der Waals surface area contributed by atoms with Gasteiger partial charge in [-0.15, -0.1) is 12.4 Å². The van der Waals surface area contributed by atoms with Gasteiger partial charge < -0.3 is 20.5 Å². The molecule has 1 amide bonds. The lowest BCUT2D eigenvalue weighted by molar-refractivity contribution is -0.137. The normalized spacial score (nSPS) is 10.9. The number of nitrogens with two attached hydrogens (primary N) is 1. The summed E-state index contributed by atoms with van der Waals surface area (Å²) in [4.78, 5) is 12.4. The quantitative estimate of drug-likeness (QED) is 0.687. The number of hydrogen-bond acceptors (Lipinski definition) is 4. The molecule has 2 aromatic carbocycles. The molecule has 2 aromatic rings. The van der Waals surface area contributed by atoms with Gasteiger partial charge in [0.1, 0.15) is 12.4 Å². The first-order chi connectivity index (χ1) is 12.3. The van der Waals surface area contributed by atoms with Crippen LogP contribution in [0.25, 0.3) is 0 Å². The highest BCUT2D eigenvalue weighted by Crippen LogP contribution is 2.32. The summed E-state index contributed by atoms with van der Waals surface area (Å²) in [5.41, 5.74) is 5.13. The summed E-state index contributed by atoms with van der Waals surface area (Å²) >= 11 is 0. The van der Waals surface area contributed by atoms with Crippen molar-refractivity contribution < 1.29 is 27.4 Å². The van der Waals surface area contributed by atoms with Crippen LogP contribution >= 0.6 is 12.4 Å². The summed E-state index contributed by atoms with van der Waals surface area (Å²) in [6, 6.07) is 9.57. The van der Waals surface area contributed by atoms with E-state index in [9.17, 15) is 18.0 Å². The fourth-order valence-corrected chi connectivity index (χ4v) is 2.22. The Morgan fingerprint density at radius 3 is 2.52 bits per heavy atom. The predicted octanol–water partition coefficient (Wildman–Crippen LogP) is 3.86. The van der Waals surface area contributed by atoms with Gasteiger partial charge in [0.25, 0.3) is 5.91 Å². The van der Waals surface area contributed by atoms with Crippen LogP contribution in [0.1, 0.15) is 21.5 Å². The third kappa shape index (κ3) is 6.74. The molecule has 0 radical (unpaired) electrons. The third-order valence-corrected chi connectivity index (χ3v) is 3.47. The van der Waals surface area contributed by atoms with E-state index in [-0.39, 0.29) is 35.8 Å². The van der Waals surface area contributed by atoms with Crippen LogP contribution in [-0.4, -0.2) is 26.2 Å². The van der Waals surface area contributed by atoms with Crippen LogP contribution in [0, 0.1) is 0 Å². The van der Waals surface area contributed by atoms with Crippen molar-refractivity contribution in [1.82, 2.24) is 0 Å². The van der Waals surface area contributed by atoms with Gasteiger partial charge >= 0.3 is 6.18 Å². The van der Waals surface area contributed by atoms with Gasteiger partial charge in [-0.2, -0.15) is 13.2 Å². The molecule has 0 saturated carbocycles. The summed E-state index contributed by atoms with van der Waals surface area (Å²) in [5, 5.41) is 2.47. The van der Waals surface area contributed by atoms with Gasteiger partial charge in [-0.1, -0.05) is 6.07 Å². The SMILES string of the molecule is COCCOc1cccc(C(=O)Nc2cc(CN)cc(C(F)(F)F)c2)c1.Cl. The molecular weight excluding hydrogens is 385 g/mol. The molecular formula is C18H20ClF3N2O3.